The van der Waals surface area contributed by atoms with Gasteiger partial charge in [-0.3, -0.25) is 0 Å². The Morgan fingerprint density at radius 1 is 1.29 bits per heavy atom. The molecule has 2 rings (SSSR count). The molecule has 0 radical (unpaired) electrons. The minimum absolute atomic E-state index is 0.118. The van der Waals surface area contributed by atoms with Gasteiger partial charge in [0.1, 0.15) is 10.2 Å². The highest BCUT2D eigenvalue weighted by molar-refractivity contribution is 9.10. The molecule has 3 nitrogen and oxygen atoms in total. The van der Waals surface area contributed by atoms with Crippen LogP contribution in [0, 0.1) is 5.82 Å². The van der Waals surface area contributed by atoms with Crippen molar-refractivity contribution in [2.24, 2.45) is 0 Å². The van der Waals surface area contributed by atoms with Crippen molar-refractivity contribution in [3.05, 3.63) is 21.9 Å². The van der Waals surface area contributed by atoms with Crippen molar-refractivity contribution in [1.82, 2.24) is 0 Å². The topological polar surface area (TPSA) is 60.7 Å². The van der Waals surface area contributed by atoms with Gasteiger partial charge in [-0.1, -0.05) is 0 Å². The number of phenols is 2. The van der Waals surface area contributed by atoms with Crippen LogP contribution in [0.5, 0.6) is 11.5 Å². The summed E-state index contributed by atoms with van der Waals surface area (Å²) >= 11 is 2.85. The van der Waals surface area contributed by atoms with Gasteiger partial charge in [0.05, 0.1) is 5.60 Å². The first-order chi connectivity index (χ1) is 6.46. The molecule has 0 amide bonds. The van der Waals surface area contributed by atoms with Gasteiger partial charge in [0.2, 0.25) is 0 Å². The number of aliphatic hydroxyl groups is 1. The summed E-state index contributed by atoms with van der Waals surface area (Å²) in [6.07, 6.45) is 0.994. The van der Waals surface area contributed by atoms with Gasteiger partial charge in [0, 0.05) is 5.56 Å². The lowest BCUT2D eigenvalue weighted by atomic mass is 10.1. The summed E-state index contributed by atoms with van der Waals surface area (Å²) in [5, 5.41) is 28.4. The maximum Gasteiger partial charge on any atom is 0.169 e. The average Bonchev–Trinajstić information content (AvgIpc) is 2.87. The van der Waals surface area contributed by atoms with Crippen molar-refractivity contribution in [1.29, 1.82) is 0 Å². The minimum Gasteiger partial charge on any atom is -0.506 e. The molecule has 14 heavy (non-hydrogen) atoms. The standard InChI is InChI=1S/C9H8BrFO3/c10-6-7(12)4(9(14)1-2-9)3-5(11)8(6)13/h3,12-14H,1-2H2. The van der Waals surface area contributed by atoms with Crippen LogP contribution < -0.4 is 0 Å². The summed E-state index contributed by atoms with van der Waals surface area (Å²) < 4.78 is 13.0. The predicted octanol–water partition coefficient (Wildman–Crippen LogP) is 1.98. The first kappa shape index (κ1) is 9.73. The smallest absolute Gasteiger partial charge is 0.169 e. The molecule has 76 valence electrons. The maximum absolute atomic E-state index is 13.1. The fourth-order valence-corrected chi connectivity index (χ4v) is 1.74. The molecule has 5 heteroatoms. The zero-order valence-electron chi connectivity index (χ0n) is 7.09. The zero-order chi connectivity index (χ0) is 10.5. The van der Waals surface area contributed by atoms with E-state index in [1.54, 1.807) is 0 Å². The lowest BCUT2D eigenvalue weighted by molar-refractivity contribution is 0.147. The largest absolute Gasteiger partial charge is 0.506 e. The van der Waals surface area contributed by atoms with Gasteiger partial charge in [-0.15, -0.1) is 0 Å². The van der Waals surface area contributed by atoms with Gasteiger partial charge >= 0.3 is 0 Å². The van der Waals surface area contributed by atoms with Crippen molar-refractivity contribution in [2.45, 2.75) is 18.4 Å². The third-order valence-electron chi connectivity index (χ3n) is 2.39. The number of hydrogen-bond acceptors (Lipinski definition) is 3. The van der Waals surface area contributed by atoms with E-state index < -0.39 is 17.2 Å². The van der Waals surface area contributed by atoms with Crippen molar-refractivity contribution in [3.63, 3.8) is 0 Å². The monoisotopic (exact) mass is 262 g/mol. The van der Waals surface area contributed by atoms with Crippen molar-refractivity contribution in [3.8, 4) is 11.5 Å². The summed E-state index contributed by atoms with van der Waals surface area (Å²) in [6, 6.07) is 0.961. The van der Waals surface area contributed by atoms with Crippen molar-refractivity contribution < 1.29 is 19.7 Å². The molecule has 1 aromatic rings. The van der Waals surface area contributed by atoms with Crippen LogP contribution >= 0.6 is 15.9 Å². The van der Waals surface area contributed by atoms with Crippen LogP contribution in [0.25, 0.3) is 0 Å². The molecule has 1 aromatic carbocycles. The lowest BCUT2D eigenvalue weighted by Crippen LogP contribution is -2.05. The molecule has 0 spiro atoms. The van der Waals surface area contributed by atoms with E-state index in [-0.39, 0.29) is 15.8 Å². The van der Waals surface area contributed by atoms with Crippen LogP contribution in [-0.2, 0) is 5.60 Å². The first-order valence-electron chi connectivity index (χ1n) is 4.08. The third kappa shape index (κ3) is 1.27. The third-order valence-corrected chi connectivity index (χ3v) is 3.14. The number of halogens is 2. The van der Waals surface area contributed by atoms with Gasteiger partial charge < -0.3 is 15.3 Å². The second-order valence-electron chi connectivity index (χ2n) is 3.45. The van der Waals surface area contributed by atoms with Crippen LogP contribution in [0.3, 0.4) is 0 Å². The quantitative estimate of drug-likeness (QED) is 0.726. The van der Waals surface area contributed by atoms with Crippen LogP contribution in [0.1, 0.15) is 18.4 Å². The van der Waals surface area contributed by atoms with Gasteiger partial charge in [-0.25, -0.2) is 4.39 Å². The SMILES string of the molecule is Oc1c(F)cc(C2(O)CC2)c(O)c1Br. The van der Waals surface area contributed by atoms with E-state index in [9.17, 15) is 14.6 Å². The Morgan fingerprint density at radius 2 is 1.86 bits per heavy atom. The molecule has 1 aliphatic rings. The fourth-order valence-electron chi connectivity index (χ4n) is 1.34. The molecule has 0 saturated heterocycles. The van der Waals surface area contributed by atoms with Crippen molar-refractivity contribution >= 4 is 15.9 Å². The highest BCUT2D eigenvalue weighted by Crippen LogP contribution is 2.52. The second kappa shape index (κ2) is 2.84. The normalized spacial score (nSPS) is 18.2. The van der Waals surface area contributed by atoms with Crippen LogP contribution in [0.2, 0.25) is 0 Å². The average molecular weight is 263 g/mol. The molecular formula is C9H8BrFO3. The van der Waals surface area contributed by atoms with Gasteiger partial charge in [0.15, 0.2) is 11.6 Å². The molecular weight excluding hydrogens is 255 g/mol. The molecule has 1 aliphatic carbocycles. The Bertz CT molecular complexity index is 402. The second-order valence-corrected chi connectivity index (χ2v) is 4.24. The number of benzene rings is 1. The molecule has 0 atom stereocenters. The number of aromatic hydroxyl groups is 2. The molecule has 0 aromatic heterocycles. The van der Waals surface area contributed by atoms with Gasteiger partial charge in [-0.05, 0) is 34.8 Å². The zero-order valence-corrected chi connectivity index (χ0v) is 8.68. The Kier molecular flexibility index (Phi) is 1.97. The van der Waals surface area contributed by atoms with E-state index in [2.05, 4.69) is 15.9 Å². The summed E-state index contributed by atoms with van der Waals surface area (Å²) in [5.74, 6) is -1.80. The number of phenolic OH excluding ortho intramolecular Hbond substituents is 2. The van der Waals surface area contributed by atoms with E-state index in [1.165, 1.54) is 0 Å². The minimum atomic E-state index is -1.12. The lowest BCUT2D eigenvalue weighted by Gasteiger charge is -2.12. The predicted molar refractivity (Wildman–Crippen MR) is 50.6 cm³/mol. The molecule has 1 fully saturated rings. The van der Waals surface area contributed by atoms with E-state index in [0.29, 0.717) is 12.8 Å². The van der Waals surface area contributed by atoms with Crippen LogP contribution in [0.15, 0.2) is 10.5 Å². The van der Waals surface area contributed by atoms with E-state index in [0.717, 1.165) is 6.07 Å². The molecule has 0 unspecified atom stereocenters. The first-order valence-corrected chi connectivity index (χ1v) is 4.88. The Balaban J connectivity index is 2.62. The number of hydrogen-bond donors (Lipinski definition) is 3. The van der Waals surface area contributed by atoms with Crippen LogP contribution in [0.4, 0.5) is 4.39 Å². The summed E-state index contributed by atoms with van der Waals surface area (Å²) in [7, 11) is 0. The highest BCUT2D eigenvalue weighted by Gasteiger charge is 2.45. The van der Waals surface area contributed by atoms with Crippen LogP contribution in [-0.4, -0.2) is 15.3 Å². The summed E-state index contributed by atoms with van der Waals surface area (Å²) in [4.78, 5) is 0. The molecule has 1 saturated carbocycles. The Labute approximate surface area is 87.9 Å². The summed E-state index contributed by atoms with van der Waals surface area (Å²) in [5.41, 5.74) is -0.999. The van der Waals surface area contributed by atoms with E-state index in [4.69, 9.17) is 5.11 Å². The van der Waals surface area contributed by atoms with Gasteiger partial charge in [-0.2, -0.15) is 0 Å². The maximum atomic E-state index is 13.1. The molecule has 0 aliphatic heterocycles. The highest BCUT2D eigenvalue weighted by atomic mass is 79.9. The number of rotatable bonds is 1. The molecule has 0 bridgehead atoms. The Morgan fingerprint density at radius 3 is 2.36 bits per heavy atom. The van der Waals surface area contributed by atoms with Crippen molar-refractivity contribution in [2.75, 3.05) is 0 Å². The van der Waals surface area contributed by atoms with E-state index in [1.807, 2.05) is 0 Å². The fraction of sp³-hybridized carbons (Fsp3) is 0.333. The van der Waals surface area contributed by atoms with Gasteiger partial charge in [0.25, 0.3) is 0 Å². The van der Waals surface area contributed by atoms with E-state index >= 15 is 0 Å². The Hall–Kier alpha value is -0.810. The molecule has 0 heterocycles. The summed E-state index contributed by atoms with van der Waals surface area (Å²) in [6.45, 7) is 0. The molecule has 3 N–H and O–H groups in total.